The second-order valence-corrected chi connectivity index (χ2v) is 11.5. The summed E-state index contributed by atoms with van der Waals surface area (Å²) in [7, 11) is 2.95. The third-order valence-corrected chi connectivity index (χ3v) is 8.27. The number of nitrogens with one attached hydrogen (secondary N) is 1. The number of alkyl halides is 3. The van der Waals surface area contributed by atoms with Crippen molar-refractivity contribution in [3.05, 3.63) is 107 Å². The van der Waals surface area contributed by atoms with Crippen molar-refractivity contribution < 1.29 is 47.0 Å². The highest BCUT2D eigenvalue weighted by Crippen LogP contribution is 2.45. The van der Waals surface area contributed by atoms with Gasteiger partial charge in [-0.25, -0.2) is 4.79 Å². The molecule has 10 nitrogen and oxygen atoms in total. The molecule has 2 saturated heterocycles. The Bertz CT molecular complexity index is 1620. The number of nitrogens with zero attached hydrogens (tertiary/aromatic N) is 2. The van der Waals surface area contributed by atoms with Crippen LogP contribution >= 0.6 is 0 Å². The summed E-state index contributed by atoms with van der Waals surface area (Å²) >= 11 is 0. The number of carboxylic acid groups (broad SMARTS) is 1. The quantitative estimate of drug-likeness (QED) is 0.278. The van der Waals surface area contributed by atoms with Gasteiger partial charge in [0.15, 0.2) is 0 Å². The Morgan fingerprint density at radius 3 is 1.96 bits per heavy atom. The number of esters is 1. The molecule has 0 aromatic heterocycles. The van der Waals surface area contributed by atoms with Gasteiger partial charge in [0.2, 0.25) is 11.8 Å². The van der Waals surface area contributed by atoms with Crippen molar-refractivity contribution in [3.8, 4) is 0 Å². The summed E-state index contributed by atoms with van der Waals surface area (Å²) in [5.41, 5.74) is 1.72. The molecule has 0 aliphatic carbocycles. The third-order valence-electron chi connectivity index (χ3n) is 8.27. The van der Waals surface area contributed by atoms with Gasteiger partial charge in [0.25, 0.3) is 5.91 Å². The van der Waals surface area contributed by atoms with Crippen molar-refractivity contribution in [2.24, 2.45) is 11.8 Å². The highest BCUT2D eigenvalue weighted by Gasteiger charge is 2.68. The lowest BCUT2D eigenvalue weighted by Gasteiger charge is -2.33. The van der Waals surface area contributed by atoms with Crippen LogP contribution in [-0.4, -0.2) is 83.0 Å². The lowest BCUT2D eigenvalue weighted by Crippen LogP contribution is -2.59. The lowest BCUT2D eigenvalue weighted by atomic mass is 9.76. The molecule has 0 spiro atoms. The maximum absolute atomic E-state index is 14.0. The van der Waals surface area contributed by atoms with Gasteiger partial charge in [-0.2, -0.15) is 13.2 Å². The fraction of sp³-hybridized carbons (Fsp3) is 0.324. The summed E-state index contributed by atoms with van der Waals surface area (Å²) in [6, 6.07) is 25.3. The molecule has 2 heterocycles. The van der Waals surface area contributed by atoms with Gasteiger partial charge in [-0.15, -0.1) is 0 Å². The van der Waals surface area contributed by atoms with Crippen LogP contribution in [-0.2, 0) is 36.9 Å². The number of likely N-dealkylation sites (tertiary alicyclic amines) is 1. The topological polar surface area (TPSA) is 133 Å². The van der Waals surface area contributed by atoms with Crippen LogP contribution in [0.4, 0.5) is 13.2 Å². The van der Waals surface area contributed by atoms with Gasteiger partial charge >= 0.3 is 18.1 Å². The van der Waals surface area contributed by atoms with Crippen LogP contribution in [0.2, 0.25) is 0 Å². The number of carbonyl (C=O) groups excluding carboxylic acids is 4. The Kier molecular flexibility index (Phi) is 10.5. The van der Waals surface area contributed by atoms with Gasteiger partial charge in [-0.1, -0.05) is 78.4 Å². The summed E-state index contributed by atoms with van der Waals surface area (Å²) in [5.74, 6) is -6.17. The SMILES string of the molecule is COC(=O)[C@]1(Cc2ccccc2)N[C@H](CN(C)C(=O)c2ccc(C)cc2)[C@@H]2C(=O)N(Cc3ccccc3)C(=O)[C@@H]21.O=C(O)C(F)(F)F. The Morgan fingerprint density at radius 2 is 1.45 bits per heavy atom. The largest absolute Gasteiger partial charge is 0.490 e. The summed E-state index contributed by atoms with van der Waals surface area (Å²) < 4.78 is 37.0. The van der Waals surface area contributed by atoms with Gasteiger partial charge in [0.1, 0.15) is 5.54 Å². The zero-order valence-corrected chi connectivity index (χ0v) is 25.9. The van der Waals surface area contributed by atoms with E-state index >= 15 is 0 Å². The smallest absolute Gasteiger partial charge is 0.475 e. The minimum atomic E-state index is -5.08. The number of hydrogen-bond donors (Lipinski definition) is 2. The highest BCUT2D eigenvalue weighted by molar-refractivity contribution is 6.09. The van der Waals surface area contributed by atoms with Crippen molar-refractivity contribution in [3.63, 3.8) is 0 Å². The molecule has 2 aliphatic heterocycles. The van der Waals surface area contributed by atoms with Crippen LogP contribution in [0.3, 0.4) is 0 Å². The average molecular weight is 654 g/mol. The van der Waals surface area contributed by atoms with E-state index in [4.69, 9.17) is 14.6 Å². The number of methoxy groups -OCH3 is 1. The van der Waals surface area contributed by atoms with Crippen LogP contribution in [0, 0.1) is 18.8 Å². The Labute approximate surface area is 269 Å². The van der Waals surface area contributed by atoms with E-state index in [-0.39, 0.29) is 31.3 Å². The van der Waals surface area contributed by atoms with Crippen LogP contribution in [0.15, 0.2) is 84.9 Å². The number of carbonyl (C=O) groups is 5. The molecule has 0 radical (unpaired) electrons. The number of aryl methyl sites for hydroxylation is 1. The lowest BCUT2D eigenvalue weighted by molar-refractivity contribution is -0.192. The number of aliphatic carboxylic acids is 1. The molecule has 3 aromatic rings. The number of benzene rings is 3. The van der Waals surface area contributed by atoms with Crippen molar-refractivity contribution in [1.29, 1.82) is 0 Å². The molecule has 2 fully saturated rings. The number of rotatable bonds is 8. The van der Waals surface area contributed by atoms with E-state index in [9.17, 15) is 32.3 Å². The first-order valence-electron chi connectivity index (χ1n) is 14.6. The maximum Gasteiger partial charge on any atom is 0.490 e. The van der Waals surface area contributed by atoms with E-state index < -0.39 is 47.4 Å². The zero-order chi connectivity index (χ0) is 34.5. The number of ether oxygens (including phenoxy) is 1. The van der Waals surface area contributed by atoms with E-state index in [1.54, 1.807) is 19.2 Å². The van der Waals surface area contributed by atoms with Gasteiger partial charge in [-0.05, 0) is 30.2 Å². The number of imide groups is 1. The predicted octanol–water partition coefficient (Wildman–Crippen LogP) is 3.63. The number of carboxylic acids is 1. The molecular formula is C34H34F3N3O7. The second kappa shape index (κ2) is 14.2. The zero-order valence-electron chi connectivity index (χ0n) is 25.9. The summed E-state index contributed by atoms with van der Waals surface area (Å²) in [6.07, 6.45) is -4.92. The number of halogens is 3. The van der Waals surface area contributed by atoms with Crippen LogP contribution in [0.25, 0.3) is 0 Å². The van der Waals surface area contributed by atoms with Crippen LogP contribution < -0.4 is 5.32 Å². The van der Waals surface area contributed by atoms with E-state index in [0.29, 0.717) is 5.56 Å². The number of hydrogen-bond acceptors (Lipinski definition) is 7. The molecular weight excluding hydrogens is 619 g/mol. The monoisotopic (exact) mass is 653 g/mol. The fourth-order valence-electron chi connectivity index (χ4n) is 6.08. The summed E-state index contributed by atoms with van der Waals surface area (Å²) in [5, 5.41) is 10.5. The number of likely N-dealkylation sites (N-methyl/N-ethyl adjacent to an activating group) is 1. The molecule has 0 bridgehead atoms. The summed E-state index contributed by atoms with van der Waals surface area (Å²) in [4.78, 5) is 66.5. The number of fused-ring (bicyclic) bond motifs is 1. The van der Waals surface area contributed by atoms with Gasteiger partial charge in [0, 0.05) is 31.6 Å². The van der Waals surface area contributed by atoms with E-state index in [0.717, 1.165) is 16.7 Å². The van der Waals surface area contributed by atoms with E-state index in [2.05, 4.69) is 5.32 Å². The summed E-state index contributed by atoms with van der Waals surface area (Å²) in [6.45, 7) is 2.18. The first-order chi connectivity index (χ1) is 22.2. The Morgan fingerprint density at radius 1 is 0.915 bits per heavy atom. The first kappa shape index (κ1) is 34.8. The minimum Gasteiger partial charge on any atom is -0.475 e. The van der Waals surface area contributed by atoms with Gasteiger partial charge < -0.3 is 14.7 Å². The number of amides is 3. The second-order valence-electron chi connectivity index (χ2n) is 11.5. The normalized spacial score (nSPS) is 21.8. The van der Waals surface area contributed by atoms with Gasteiger partial charge in [-0.3, -0.25) is 29.4 Å². The molecule has 47 heavy (non-hydrogen) atoms. The fourth-order valence-corrected chi connectivity index (χ4v) is 6.08. The molecule has 3 amide bonds. The molecule has 0 saturated carbocycles. The minimum absolute atomic E-state index is 0.110. The maximum atomic E-state index is 14.0. The molecule has 4 atom stereocenters. The standard InChI is InChI=1S/C32H33N3O5.C2HF3O2/c1-21-14-16-24(17-15-21)28(36)34(2)20-25-26-27(30(38)35(29(26)37)19-23-12-8-5-9-13-23)32(33-25,31(39)40-3)18-22-10-6-4-7-11-22;3-2(4,5)1(6)7/h4-17,25-27,33H,18-20H2,1-3H3;(H,6,7)/t25-,26+,27-,32-;/m1./s1. The molecule has 13 heteroatoms. The molecule has 2 N–H and O–H groups in total. The molecule has 2 aliphatic rings. The molecule has 5 rings (SSSR count). The van der Waals surface area contributed by atoms with Gasteiger partial charge in [0.05, 0.1) is 25.5 Å². The predicted molar refractivity (Wildman–Crippen MR) is 163 cm³/mol. The average Bonchev–Trinajstić information content (AvgIpc) is 3.50. The Hall–Kier alpha value is -5.04. The molecule has 248 valence electrons. The highest BCUT2D eigenvalue weighted by atomic mass is 19.4. The van der Waals surface area contributed by atoms with Crippen molar-refractivity contribution in [2.45, 2.75) is 37.6 Å². The van der Waals surface area contributed by atoms with Crippen LogP contribution in [0.1, 0.15) is 27.0 Å². The molecule has 0 unspecified atom stereocenters. The third kappa shape index (κ3) is 7.51. The van der Waals surface area contributed by atoms with Crippen molar-refractivity contribution in [1.82, 2.24) is 15.1 Å². The van der Waals surface area contributed by atoms with E-state index in [1.807, 2.05) is 79.7 Å². The van der Waals surface area contributed by atoms with Crippen molar-refractivity contribution >= 4 is 29.7 Å². The first-order valence-corrected chi connectivity index (χ1v) is 14.6. The Balaban J connectivity index is 0.000000644. The molecule has 3 aromatic carbocycles. The van der Waals surface area contributed by atoms with E-state index in [1.165, 1.54) is 16.9 Å². The van der Waals surface area contributed by atoms with Crippen molar-refractivity contribution in [2.75, 3.05) is 20.7 Å². The van der Waals surface area contributed by atoms with Crippen LogP contribution in [0.5, 0.6) is 0 Å².